The zero-order valence-corrected chi connectivity index (χ0v) is 12.1. The van der Waals surface area contributed by atoms with Gasteiger partial charge in [-0.1, -0.05) is 11.6 Å². The minimum Gasteiger partial charge on any atom is -0.506 e. The maximum Gasteiger partial charge on any atom is 0.255 e. The molecular weight excluding hydrogens is 365 g/mol. The minimum atomic E-state index is -0.229. The topological polar surface area (TPSA) is 49.3 Å². The van der Waals surface area contributed by atoms with Gasteiger partial charge in [-0.3, -0.25) is 4.79 Å². The van der Waals surface area contributed by atoms with Gasteiger partial charge in [-0.15, -0.1) is 0 Å². The summed E-state index contributed by atoms with van der Waals surface area (Å²) in [6.07, 6.45) is 0. The third kappa shape index (κ3) is 3.14. The van der Waals surface area contributed by atoms with Gasteiger partial charge in [0.1, 0.15) is 5.75 Å². The third-order valence-corrected chi connectivity index (χ3v) is 3.35. The molecule has 0 radical (unpaired) electrons. The van der Waals surface area contributed by atoms with E-state index in [1.165, 1.54) is 12.1 Å². The van der Waals surface area contributed by atoms with Crippen LogP contribution < -0.4 is 5.32 Å². The Labute approximate surface area is 123 Å². The second-order valence-corrected chi connectivity index (χ2v) is 5.28. The molecule has 0 aliphatic carbocycles. The molecule has 0 aliphatic heterocycles. The van der Waals surface area contributed by atoms with Crippen molar-refractivity contribution in [2.75, 3.05) is 5.32 Å². The van der Waals surface area contributed by atoms with Crippen LogP contribution in [0, 0.1) is 3.57 Å². The van der Waals surface area contributed by atoms with Crippen LogP contribution in [0.3, 0.4) is 0 Å². The summed E-state index contributed by atoms with van der Waals surface area (Å²) in [5.74, 6) is -0.287. The number of hydrogen-bond acceptors (Lipinski definition) is 2. The summed E-state index contributed by atoms with van der Waals surface area (Å²) in [5.41, 5.74) is 1.06. The molecule has 2 aromatic rings. The Bertz CT molecular complexity index is 584. The van der Waals surface area contributed by atoms with Crippen LogP contribution in [-0.4, -0.2) is 11.0 Å². The number of halogens is 2. The molecule has 18 heavy (non-hydrogen) atoms. The van der Waals surface area contributed by atoms with Gasteiger partial charge in [0.25, 0.3) is 5.91 Å². The number of amides is 1. The number of rotatable bonds is 2. The lowest BCUT2D eigenvalue weighted by molar-refractivity contribution is 0.102. The van der Waals surface area contributed by atoms with Crippen molar-refractivity contribution < 1.29 is 9.90 Å². The van der Waals surface area contributed by atoms with Gasteiger partial charge >= 0.3 is 0 Å². The number of anilines is 1. The Morgan fingerprint density at radius 3 is 2.44 bits per heavy atom. The fraction of sp³-hybridized carbons (Fsp3) is 0. The van der Waals surface area contributed by atoms with Gasteiger partial charge in [-0.25, -0.2) is 0 Å². The summed E-state index contributed by atoms with van der Waals surface area (Å²) in [4.78, 5) is 11.9. The highest BCUT2D eigenvalue weighted by atomic mass is 127. The lowest BCUT2D eigenvalue weighted by Gasteiger charge is -2.06. The lowest BCUT2D eigenvalue weighted by atomic mass is 10.2. The maximum atomic E-state index is 11.9. The Balaban J connectivity index is 2.16. The van der Waals surface area contributed by atoms with Crippen molar-refractivity contribution in [1.82, 2.24) is 0 Å². The zero-order valence-electron chi connectivity index (χ0n) is 9.15. The van der Waals surface area contributed by atoms with E-state index >= 15 is 0 Å². The lowest BCUT2D eigenvalue weighted by Crippen LogP contribution is -2.11. The SMILES string of the molecule is O=C(Nc1ccc(Cl)c(O)c1)c1ccc(I)cc1. The molecule has 92 valence electrons. The number of hydrogen-bond donors (Lipinski definition) is 2. The van der Waals surface area contributed by atoms with Crippen LogP contribution in [0.2, 0.25) is 5.02 Å². The molecule has 0 unspecified atom stereocenters. The van der Waals surface area contributed by atoms with Crippen LogP contribution in [0.1, 0.15) is 10.4 Å². The maximum absolute atomic E-state index is 11.9. The first-order chi connectivity index (χ1) is 8.56. The molecular formula is C13H9ClINO2. The van der Waals surface area contributed by atoms with E-state index in [-0.39, 0.29) is 16.7 Å². The van der Waals surface area contributed by atoms with Crippen LogP contribution in [0.4, 0.5) is 5.69 Å². The highest BCUT2D eigenvalue weighted by molar-refractivity contribution is 14.1. The molecule has 0 fully saturated rings. The normalized spacial score (nSPS) is 10.1. The molecule has 0 atom stereocenters. The fourth-order valence-corrected chi connectivity index (χ4v) is 1.87. The highest BCUT2D eigenvalue weighted by Gasteiger charge is 2.07. The Hall–Kier alpha value is -1.27. The average Bonchev–Trinajstić information content (AvgIpc) is 2.34. The van der Waals surface area contributed by atoms with Gasteiger partial charge < -0.3 is 10.4 Å². The fourth-order valence-electron chi connectivity index (χ4n) is 1.39. The highest BCUT2D eigenvalue weighted by Crippen LogP contribution is 2.26. The predicted octanol–water partition coefficient (Wildman–Crippen LogP) is 3.90. The molecule has 3 nitrogen and oxygen atoms in total. The van der Waals surface area contributed by atoms with Crippen molar-refractivity contribution in [3.63, 3.8) is 0 Å². The molecule has 0 aliphatic rings. The Morgan fingerprint density at radius 1 is 1.17 bits per heavy atom. The number of carbonyl (C=O) groups is 1. The Morgan fingerprint density at radius 2 is 1.83 bits per heavy atom. The number of benzene rings is 2. The molecule has 0 saturated carbocycles. The average molecular weight is 374 g/mol. The standard InChI is InChI=1S/C13H9ClINO2/c14-11-6-5-10(7-12(11)17)16-13(18)8-1-3-9(15)4-2-8/h1-7,17H,(H,16,18). The summed E-state index contributed by atoms with van der Waals surface area (Å²) in [5, 5.41) is 12.4. The summed E-state index contributed by atoms with van der Waals surface area (Å²) < 4.78 is 1.06. The summed E-state index contributed by atoms with van der Waals surface area (Å²) in [6, 6.07) is 11.8. The molecule has 0 spiro atoms. The van der Waals surface area contributed by atoms with E-state index in [1.54, 1.807) is 18.2 Å². The van der Waals surface area contributed by atoms with Crippen molar-refractivity contribution >= 4 is 45.8 Å². The molecule has 0 bridgehead atoms. The molecule has 2 aromatic carbocycles. The number of phenolic OH excluding ortho intramolecular Hbond substituents is 1. The van der Waals surface area contributed by atoms with Crippen LogP contribution in [0.15, 0.2) is 42.5 Å². The second-order valence-electron chi connectivity index (χ2n) is 3.63. The number of phenols is 1. The van der Waals surface area contributed by atoms with Crippen LogP contribution in [0.5, 0.6) is 5.75 Å². The molecule has 0 saturated heterocycles. The van der Waals surface area contributed by atoms with Gasteiger partial charge in [0.2, 0.25) is 0 Å². The van der Waals surface area contributed by atoms with Crippen molar-refractivity contribution in [2.24, 2.45) is 0 Å². The van der Waals surface area contributed by atoms with E-state index in [9.17, 15) is 9.90 Å². The van der Waals surface area contributed by atoms with E-state index in [2.05, 4.69) is 27.9 Å². The monoisotopic (exact) mass is 373 g/mol. The van der Waals surface area contributed by atoms with Gasteiger partial charge in [0.15, 0.2) is 0 Å². The summed E-state index contributed by atoms with van der Waals surface area (Å²) in [7, 11) is 0. The molecule has 0 aromatic heterocycles. The van der Waals surface area contributed by atoms with Gasteiger partial charge in [-0.2, -0.15) is 0 Å². The predicted molar refractivity (Wildman–Crippen MR) is 80.2 cm³/mol. The van der Waals surface area contributed by atoms with E-state index in [4.69, 9.17) is 11.6 Å². The Kier molecular flexibility index (Phi) is 4.08. The quantitative estimate of drug-likeness (QED) is 0.784. The van der Waals surface area contributed by atoms with Crippen LogP contribution >= 0.6 is 34.2 Å². The van der Waals surface area contributed by atoms with Gasteiger partial charge in [-0.05, 0) is 59.0 Å². The van der Waals surface area contributed by atoms with E-state index in [1.807, 2.05) is 12.1 Å². The van der Waals surface area contributed by atoms with Crippen molar-refractivity contribution in [1.29, 1.82) is 0 Å². The largest absolute Gasteiger partial charge is 0.506 e. The first-order valence-corrected chi connectivity index (χ1v) is 6.57. The number of nitrogens with one attached hydrogen (secondary N) is 1. The van der Waals surface area contributed by atoms with E-state index < -0.39 is 0 Å². The first-order valence-electron chi connectivity index (χ1n) is 5.12. The molecule has 2 rings (SSSR count). The summed E-state index contributed by atoms with van der Waals surface area (Å²) >= 11 is 7.86. The summed E-state index contributed by atoms with van der Waals surface area (Å²) in [6.45, 7) is 0. The van der Waals surface area contributed by atoms with Gasteiger partial charge in [0.05, 0.1) is 5.02 Å². The van der Waals surface area contributed by atoms with Crippen LogP contribution in [0.25, 0.3) is 0 Å². The van der Waals surface area contributed by atoms with E-state index in [0.29, 0.717) is 11.3 Å². The van der Waals surface area contributed by atoms with Gasteiger partial charge in [0, 0.05) is 20.9 Å². The van der Waals surface area contributed by atoms with Crippen LogP contribution in [-0.2, 0) is 0 Å². The van der Waals surface area contributed by atoms with Crippen molar-refractivity contribution in [2.45, 2.75) is 0 Å². The van der Waals surface area contributed by atoms with E-state index in [0.717, 1.165) is 3.57 Å². The molecule has 2 N–H and O–H groups in total. The second kappa shape index (κ2) is 5.58. The molecule has 5 heteroatoms. The third-order valence-electron chi connectivity index (χ3n) is 2.31. The van der Waals surface area contributed by atoms with Crippen molar-refractivity contribution in [3.05, 3.63) is 56.6 Å². The first kappa shape index (κ1) is 13.2. The smallest absolute Gasteiger partial charge is 0.255 e. The molecule has 1 amide bonds. The molecule has 0 heterocycles. The number of aromatic hydroxyl groups is 1. The minimum absolute atomic E-state index is 0.0583. The number of carbonyl (C=O) groups excluding carboxylic acids is 1. The zero-order chi connectivity index (χ0) is 13.1. The van der Waals surface area contributed by atoms with Crippen molar-refractivity contribution in [3.8, 4) is 5.75 Å².